The summed E-state index contributed by atoms with van der Waals surface area (Å²) in [6, 6.07) is 23.8. The lowest BCUT2D eigenvalue weighted by molar-refractivity contribution is -0.141. The molecule has 1 fully saturated rings. The van der Waals surface area contributed by atoms with E-state index in [1.165, 1.54) is 0 Å². The summed E-state index contributed by atoms with van der Waals surface area (Å²) >= 11 is 0. The van der Waals surface area contributed by atoms with Crippen molar-refractivity contribution in [2.24, 2.45) is 5.92 Å². The second-order valence-corrected chi connectivity index (χ2v) is 9.61. The molecule has 1 aliphatic rings. The highest BCUT2D eigenvalue weighted by molar-refractivity contribution is 5.89. The Bertz CT molecular complexity index is 1120. The third kappa shape index (κ3) is 6.72. The minimum Gasteiger partial charge on any atom is -0.508 e. The zero-order chi connectivity index (χ0) is 24.8. The molecule has 1 saturated carbocycles. The molecule has 5 heteroatoms. The average Bonchev–Trinajstić information content (AvgIpc) is 3.69. The van der Waals surface area contributed by atoms with Gasteiger partial charge in [-0.3, -0.25) is 9.59 Å². The first-order valence-electron chi connectivity index (χ1n) is 12.4. The molecular weight excluding hydrogens is 436 g/mol. The van der Waals surface area contributed by atoms with E-state index < -0.39 is 6.04 Å². The molecule has 0 aromatic heterocycles. The van der Waals surface area contributed by atoms with Gasteiger partial charge in [-0.05, 0) is 67.9 Å². The average molecular weight is 471 g/mol. The van der Waals surface area contributed by atoms with E-state index in [2.05, 4.69) is 5.32 Å². The molecule has 3 aromatic carbocycles. The molecule has 2 atom stereocenters. The highest BCUT2D eigenvalue weighted by Gasteiger charge is 2.36. The predicted octanol–water partition coefficient (Wildman–Crippen LogP) is 5.49. The number of carbonyl (C=O) groups excluding carboxylic acids is 2. The maximum atomic E-state index is 13.7. The number of phenols is 1. The number of aryl methyl sites for hydroxylation is 2. The van der Waals surface area contributed by atoms with Gasteiger partial charge in [0.15, 0.2) is 0 Å². The van der Waals surface area contributed by atoms with Gasteiger partial charge in [0.1, 0.15) is 11.8 Å². The monoisotopic (exact) mass is 470 g/mol. The van der Waals surface area contributed by atoms with Gasteiger partial charge in [0.2, 0.25) is 11.8 Å². The van der Waals surface area contributed by atoms with E-state index in [4.69, 9.17) is 0 Å². The number of nitrogens with one attached hydrogen (secondary N) is 1. The Balaban J connectivity index is 1.58. The number of carbonyl (C=O) groups is 2. The lowest BCUT2D eigenvalue weighted by atomic mass is 10.00. The molecule has 2 amide bonds. The molecule has 0 bridgehead atoms. The zero-order valence-electron chi connectivity index (χ0n) is 20.5. The van der Waals surface area contributed by atoms with Crippen molar-refractivity contribution >= 4 is 11.8 Å². The lowest BCUT2D eigenvalue weighted by Gasteiger charge is -2.33. The fraction of sp³-hybridized carbons (Fsp3) is 0.333. The van der Waals surface area contributed by atoms with Crippen molar-refractivity contribution < 1.29 is 14.7 Å². The van der Waals surface area contributed by atoms with Gasteiger partial charge < -0.3 is 15.3 Å². The van der Waals surface area contributed by atoms with Crippen LogP contribution < -0.4 is 5.32 Å². The summed E-state index contributed by atoms with van der Waals surface area (Å²) in [5.74, 6) is 0.459. The topological polar surface area (TPSA) is 69.6 Å². The van der Waals surface area contributed by atoms with Crippen LogP contribution in [0.5, 0.6) is 5.75 Å². The van der Waals surface area contributed by atoms with E-state index in [1.807, 2.05) is 80.6 Å². The molecule has 182 valence electrons. The Morgan fingerprint density at radius 2 is 1.60 bits per heavy atom. The third-order valence-electron chi connectivity index (χ3n) is 6.65. The summed E-state index contributed by atoms with van der Waals surface area (Å²) in [7, 11) is 0. The van der Waals surface area contributed by atoms with E-state index in [9.17, 15) is 14.7 Å². The molecule has 5 nitrogen and oxygen atoms in total. The fourth-order valence-corrected chi connectivity index (χ4v) is 4.33. The molecule has 0 radical (unpaired) electrons. The molecule has 3 aromatic rings. The number of aromatic hydroxyl groups is 1. The highest BCUT2D eigenvalue weighted by Crippen LogP contribution is 2.34. The Hall–Kier alpha value is -3.60. The van der Waals surface area contributed by atoms with E-state index in [1.54, 1.807) is 17.0 Å². The molecule has 0 heterocycles. The van der Waals surface area contributed by atoms with Crippen LogP contribution in [0.25, 0.3) is 0 Å². The first kappa shape index (κ1) is 24.5. The molecule has 2 unspecified atom stereocenters. The zero-order valence-corrected chi connectivity index (χ0v) is 20.5. The van der Waals surface area contributed by atoms with Crippen LogP contribution in [0.15, 0.2) is 78.9 Å². The van der Waals surface area contributed by atoms with Gasteiger partial charge in [0.25, 0.3) is 0 Å². The van der Waals surface area contributed by atoms with Gasteiger partial charge in [0, 0.05) is 13.0 Å². The van der Waals surface area contributed by atoms with Gasteiger partial charge in [0.05, 0.1) is 6.04 Å². The van der Waals surface area contributed by atoms with E-state index in [0.29, 0.717) is 25.3 Å². The SMILES string of the molecule is Cc1ccc(C(C(=O)NC(C)c2ccccc2)N(CC2CC2)C(=O)CCc2ccc(O)cc2)cc1. The third-order valence-corrected chi connectivity index (χ3v) is 6.65. The summed E-state index contributed by atoms with van der Waals surface area (Å²) in [5.41, 5.74) is 3.94. The Morgan fingerprint density at radius 1 is 0.943 bits per heavy atom. The van der Waals surface area contributed by atoms with Gasteiger partial charge >= 0.3 is 0 Å². The van der Waals surface area contributed by atoms with E-state index in [0.717, 1.165) is 35.1 Å². The van der Waals surface area contributed by atoms with Gasteiger partial charge in [-0.15, -0.1) is 0 Å². The summed E-state index contributed by atoms with van der Waals surface area (Å²) in [6.45, 7) is 4.57. The first-order valence-corrected chi connectivity index (χ1v) is 12.4. The van der Waals surface area contributed by atoms with Crippen molar-refractivity contribution in [3.8, 4) is 5.75 Å². The number of hydrogen-bond donors (Lipinski definition) is 2. The van der Waals surface area contributed by atoms with E-state index >= 15 is 0 Å². The van der Waals surface area contributed by atoms with Crippen LogP contribution in [0.3, 0.4) is 0 Å². The molecule has 0 spiro atoms. The molecular formula is C30H34N2O3. The fourth-order valence-electron chi connectivity index (χ4n) is 4.33. The predicted molar refractivity (Wildman–Crippen MR) is 138 cm³/mol. The van der Waals surface area contributed by atoms with Crippen molar-refractivity contribution in [1.29, 1.82) is 0 Å². The van der Waals surface area contributed by atoms with Crippen molar-refractivity contribution in [1.82, 2.24) is 10.2 Å². The minimum absolute atomic E-state index is 0.0296. The van der Waals surface area contributed by atoms with Crippen LogP contribution >= 0.6 is 0 Å². The molecule has 0 aliphatic heterocycles. The second kappa shape index (κ2) is 11.2. The summed E-state index contributed by atoms with van der Waals surface area (Å²) in [4.78, 5) is 29.1. The van der Waals surface area contributed by atoms with Crippen molar-refractivity contribution in [3.05, 3.63) is 101 Å². The first-order chi connectivity index (χ1) is 16.9. The number of amides is 2. The highest BCUT2D eigenvalue weighted by atomic mass is 16.3. The summed E-state index contributed by atoms with van der Waals surface area (Å²) in [6.07, 6.45) is 3.04. The van der Waals surface area contributed by atoms with Crippen molar-refractivity contribution in [3.63, 3.8) is 0 Å². The molecule has 0 saturated heterocycles. The van der Waals surface area contributed by atoms with Crippen LogP contribution in [0, 0.1) is 12.8 Å². The number of rotatable bonds is 10. The van der Waals surface area contributed by atoms with Crippen LogP contribution in [-0.2, 0) is 16.0 Å². The summed E-state index contributed by atoms with van der Waals surface area (Å²) in [5, 5.41) is 12.7. The van der Waals surface area contributed by atoms with Crippen LogP contribution in [0.1, 0.15) is 60.5 Å². The van der Waals surface area contributed by atoms with Crippen molar-refractivity contribution in [2.45, 2.75) is 51.6 Å². The normalized spacial score (nSPS) is 14.7. The standard InChI is InChI=1S/C30H34N2O3/c1-21-8-15-26(16-9-21)29(30(35)31-22(2)25-6-4-3-5-7-25)32(20-24-10-11-24)28(34)19-14-23-12-17-27(33)18-13-23/h3-9,12-13,15-18,22,24,29,33H,10-11,14,19-20H2,1-2H3,(H,31,35). The van der Waals surface area contributed by atoms with Gasteiger partial charge in [-0.2, -0.15) is 0 Å². The lowest BCUT2D eigenvalue weighted by Crippen LogP contribution is -2.45. The molecule has 4 rings (SSSR count). The minimum atomic E-state index is -0.685. The molecule has 2 N–H and O–H groups in total. The molecule has 35 heavy (non-hydrogen) atoms. The number of nitrogens with zero attached hydrogens (tertiary/aromatic N) is 1. The number of benzene rings is 3. The maximum absolute atomic E-state index is 13.7. The Labute approximate surface area is 207 Å². The van der Waals surface area contributed by atoms with Crippen LogP contribution in [0.2, 0.25) is 0 Å². The number of hydrogen-bond acceptors (Lipinski definition) is 3. The van der Waals surface area contributed by atoms with Crippen molar-refractivity contribution in [2.75, 3.05) is 6.54 Å². The van der Waals surface area contributed by atoms with Crippen LogP contribution in [-0.4, -0.2) is 28.4 Å². The Kier molecular flexibility index (Phi) is 7.86. The maximum Gasteiger partial charge on any atom is 0.247 e. The van der Waals surface area contributed by atoms with Gasteiger partial charge in [-0.25, -0.2) is 0 Å². The summed E-state index contributed by atoms with van der Waals surface area (Å²) < 4.78 is 0. The largest absolute Gasteiger partial charge is 0.508 e. The van der Waals surface area contributed by atoms with Crippen LogP contribution in [0.4, 0.5) is 0 Å². The smallest absolute Gasteiger partial charge is 0.247 e. The van der Waals surface area contributed by atoms with Gasteiger partial charge in [-0.1, -0.05) is 72.3 Å². The quantitative estimate of drug-likeness (QED) is 0.412. The Morgan fingerprint density at radius 3 is 2.23 bits per heavy atom. The van der Waals surface area contributed by atoms with E-state index in [-0.39, 0.29) is 23.6 Å². The number of phenolic OH excluding ortho intramolecular Hbond substituents is 1. The molecule has 1 aliphatic carbocycles. The second-order valence-electron chi connectivity index (χ2n) is 9.61.